The van der Waals surface area contributed by atoms with Crippen LogP contribution in [0.4, 0.5) is 5.69 Å². The molecule has 0 amide bonds. The van der Waals surface area contributed by atoms with Gasteiger partial charge in [0.1, 0.15) is 0 Å². The number of hydrogen-bond donors (Lipinski definition) is 2. The first-order valence-corrected chi connectivity index (χ1v) is 5.52. The second-order valence-corrected chi connectivity index (χ2v) is 4.90. The Kier molecular flexibility index (Phi) is 3.94. The number of aliphatic hydroxyl groups excluding tert-OH is 1. The standard InChI is InChI=1S/C13H21NO2/c1-10(15)11-7-5-6-8-12(11)14(4)9-13(2,3)16/h5-8,10,15-16H,9H2,1-4H3/t10-/m1/s1. The van der Waals surface area contributed by atoms with Crippen molar-refractivity contribution in [1.29, 1.82) is 0 Å². The second kappa shape index (κ2) is 4.85. The normalized spacial score (nSPS) is 13.6. The highest BCUT2D eigenvalue weighted by Crippen LogP contribution is 2.26. The lowest BCUT2D eigenvalue weighted by molar-refractivity contribution is 0.0884. The molecule has 0 saturated carbocycles. The zero-order chi connectivity index (χ0) is 12.3. The quantitative estimate of drug-likeness (QED) is 0.820. The maximum atomic E-state index is 9.77. The molecule has 0 radical (unpaired) electrons. The van der Waals surface area contributed by atoms with Gasteiger partial charge in [0.2, 0.25) is 0 Å². The van der Waals surface area contributed by atoms with E-state index < -0.39 is 11.7 Å². The number of likely N-dealkylation sites (N-methyl/N-ethyl adjacent to an activating group) is 1. The number of para-hydroxylation sites is 1. The van der Waals surface area contributed by atoms with E-state index in [1.165, 1.54) is 0 Å². The Hall–Kier alpha value is -1.06. The highest BCUT2D eigenvalue weighted by atomic mass is 16.3. The minimum absolute atomic E-state index is 0.500. The van der Waals surface area contributed by atoms with Crippen molar-refractivity contribution in [2.75, 3.05) is 18.5 Å². The molecule has 3 heteroatoms. The molecule has 0 saturated heterocycles. The maximum absolute atomic E-state index is 9.77. The third kappa shape index (κ3) is 3.51. The molecule has 0 aliphatic carbocycles. The monoisotopic (exact) mass is 223 g/mol. The summed E-state index contributed by atoms with van der Waals surface area (Å²) in [6, 6.07) is 7.69. The first-order valence-electron chi connectivity index (χ1n) is 5.52. The molecule has 1 aromatic rings. The minimum atomic E-state index is -0.749. The lowest BCUT2D eigenvalue weighted by atomic mass is 10.1. The summed E-state index contributed by atoms with van der Waals surface area (Å²) in [6.07, 6.45) is -0.500. The van der Waals surface area contributed by atoms with E-state index in [1.54, 1.807) is 20.8 Å². The average molecular weight is 223 g/mol. The summed E-state index contributed by atoms with van der Waals surface area (Å²) < 4.78 is 0. The van der Waals surface area contributed by atoms with Gasteiger partial charge in [-0.05, 0) is 26.8 Å². The van der Waals surface area contributed by atoms with Gasteiger partial charge >= 0.3 is 0 Å². The summed E-state index contributed by atoms with van der Waals surface area (Å²) in [6.45, 7) is 5.82. The molecule has 0 spiro atoms. The van der Waals surface area contributed by atoms with Crippen molar-refractivity contribution in [3.05, 3.63) is 29.8 Å². The zero-order valence-corrected chi connectivity index (χ0v) is 10.4. The van der Waals surface area contributed by atoms with Gasteiger partial charge in [-0.2, -0.15) is 0 Å². The zero-order valence-electron chi connectivity index (χ0n) is 10.4. The summed E-state index contributed by atoms with van der Waals surface area (Å²) in [4.78, 5) is 1.96. The van der Waals surface area contributed by atoms with Crippen molar-refractivity contribution in [1.82, 2.24) is 0 Å². The Morgan fingerprint density at radius 2 is 1.88 bits per heavy atom. The fourth-order valence-electron chi connectivity index (χ4n) is 1.85. The van der Waals surface area contributed by atoms with Crippen LogP contribution in [0.3, 0.4) is 0 Å². The minimum Gasteiger partial charge on any atom is -0.389 e. The Bertz CT molecular complexity index is 342. The van der Waals surface area contributed by atoms with E-state index in [9.17, 15) is 10.2 Å². The van der Waals surface area contributed by atoms with Gasteiger partial charge in [0.15, 0.2) is 0 Å². The van der Waals surface area contributed by atoms with Crippen molar-refractivity contribution in [3.63, 3.8) is 0 Å². The van der Waals surface area contributed by atoms with Crippen LogP contribution in [-0.4, -0.2) is 29.4 Å². The van der Waals surface area contributed by atoms with Crippen LogP contribution in [0.15, 0.2) is 24.3 Å². The highest BCUT2D eigenvalue weighted by molar-refractivity contribution is 5.54. The van der Waals surface area contributed by atoms with Crippen LogP contribution >= 0.6 is 0 Å². The molecule has 1 rings (SSSR count). The predicted molar refractivity (Wildman–Crippen MR) is 66.6 cm³/mol. The topological polar surface area (TPSA) is 43.7 Å². The molecular formula is C13H21NO2. The van der Waals surface area contributed by atoms with E-state index in [0.717, 1.165) is 11.3 Å². The molecule has 0 aliphatic rings. The fourth-order valence-corrected chi connectivity index (χ4v) is 1.85. The lowest BCUT2D eigenvalue weighted by Gasteiger charge is -2.29. The molecule has 90 valence electrons. The molecule has 3 nitrogen and oxygen atoms in total. The number of rotatable bonds is 4. The van der Waals surface area contributed by atoms with Crippen LogP contribution < -0.4 is 4.90 Å². The van der Waals surface area contributed by atoms with Crippen molar-refractivity contribution >= 4 is 5.69 Å². The average Bonchev–Trinajstić information content (AvgIpc) is 2.15. The van der Waals surface area contributed by atoms with Crippen LogP contribution in [0.1, 0.15) is 32.4 Å². The first kappa shape index (κ1) is 13.0. The highest BCUT2D eigenvalue weighted by Gasteiger charge is 2.18. The lowest BCUT2D eigenvalue weighted by Crippen LogP contribution is -2.36. The van der Waals surface area contributed by atoms with Crippen molar-refractivity contribution < 1.29 is 10.2 Å². The SMILES string of the molecule is C[C@@H](O)c1ccccc1N(C)CC(C)(C)O. The second-order valence-electron chi connectivity index (χ2n) is 4.90. The van der Waals surface area contributed by atoms with Crippen LogP contribution in [-0.2, 0) is 0 Å². The van der Waals surface area contributed by atoms with Gasteiger partial charge in [0.05, 0.1) is 11.7 Å². The van der Waals surface area contributed by atoms with Crippen LogP contribution in [0, 0.1) is 0 Å². The van der Waals surface area contributed by atoms with E-state index in [4.69, 9.17) is 0 Å². The fraction of sp³-hybridized carbons (Fsp3) is 0.538. The summed E-state index contributed by atoms with van der Waals surface area (Å²) in [5, 5.41) is 19.4. The largest absolute Gasteiger partial charge is 0.389 e. The van der Waals surface area contributed by atoms with Gasteiger partial charge in [0.25, 0.3) is 0 Å². The molecule has 0 fully saturated rings. The molecular weight excluding hydrogens is 202 g/mol. The van der Waals surface area contributed by atoms with Gasteiger partial charge in [-0.25, -0.2) is 0 Å². The number of aliphatic hydroxyl groups is 2. The van der Waals surface area contributed by atoms with Crippen molar-refractivity contribution in [2.24, 2.45) is 0 Å². The van der Waals surface area contributed by atoms with E-state index >= 15 is 0 Å². The van der Waals surface area contributed by atoms with Gasteiger partial charge in [0, 0.05) is 24.8 Å². The molecule has 0 aliphatic heterocycles. The third-order valence-electron chi connectivity index (χ3n) is 2.42. The maximum Gasteiger partial charge on any atom is 0.0781 e. The molecule has 0 bridgehead atoms. The van der Waals surface area contributed by atoms with Crippen LogP contribution in [0.25, 0.3) is 0 Å². The molecule has 1 aromatic carbocycles. The summed E-state index contributed by atoms with van der Waals surface area (Å²) in [5.41, 5.74) is 1.09. The number of benzene rings is 1. The van der Waals surface area contributed by atoms with E-state index in [2.05, 4.69) is 0 Å². The number of nitrogens with zero attached hydrogens (tertiary/aromatic N) is 1. The number of hydrogen-bond acceptors (Lipinski definition) is 3. The Morgan fingerprint density at radius 1 is 1.31 bits per heavy atom. The van der Waals surface area contributed by atoms with Crippen LogP contribution in [0.2, 0.25) is 0 Å². The Balaban J connectivity index is 2.95. The van der Waals surface area contributed by atoms with E-state index in [1.807, 2.05) is 36.2 Å². The summed E-state index contributed by atoms with van der Waals surface area (Å²) >= 11 is 0. The Morgan fingerprint density at radius 3 is 2.38 bits per heavy atom. The Labute approximate surface area is 97.3 Å². The van der Waals surface area contributed by atoms with Crippen molar-refractivity contribution in [3.8, 4) is 0 Å². The smallest absolute Gasteiger partial charge is 0.0781 e. The molecule has 16 heavy (non-hydrogen) atoms. The summed E-state index contributed by atoms with van der Waals surface area (Å²) in [5.74, 6) is 0. The summed E-state index contributed by atoms with van der Waals surface area (Å²) in [7, 11) is 1.92. The molecule has 2 N–H and O–H groups in total. The van der Waals surface area contributed by atoms with Gasteiger partial charge < -0.3 is 15.1 Å². The molecule has 1 atom stereocenters. The third-order valence-corrected chi connectivity index (χ3v) is 2.42. The van der Waals surface area contributed by atoms with Crippen molar-refractivity contribution in [2.45, 2.75) is 32.5 Å². The molecule has 0 heterocycles. The van der Waals surface area contributed by atoms with E-state index in [0.29, 0.717) is 6.54 Å². The molecule has 0 unspecified atom stereocenters. The number of anilines is 1. The van der Waals surface area contributed by atoms with E-state index in [-0.39, 0.29) is 0 Å². The first-order chi connectivity index (χ1) is 7.31. The van der Waals surface area contributed by atoms with Gasteiger partial charge in [-0.3, -0.25) is 0 Å². The molecule has 0 aromatic heterocycles. The van der Waals surface area contributed by atoms with Crippen LogP contribution in [0.5, 0.6) is 0 Å². The van der Waals surface area contributed by atoms with Gasteiger partial charge in [-0.15, -0.1) is 0 Å². The predicted octanol–water partition coefficient (Wildman–Crippen LogP) is 1.95. The van der Waals surface area contributed by atoms with Gasteiger partial charge in [-0.1, -0.05) is 18.2 Å².